The van der Waals surface area contributed by atoms with Gasteiger partial charge in [0.05, 0.1) is 5.69 Å². The van der Waals surface area contributed by atoms with Crippen molar-refractivity contribution in [3.05, 3.63) is 22.8 Å². The summed E-state index contributed by atoms with van der Waals surface area (Å²) in [5, 5.41) is 0. The van der Waals surface area contributed by atoms with Gasteiger partial charge >= 0.3 is 6.11 Å². The van der Waals surface area contributed by atoms with E-state index in [9.17, 15) is 8.78 Å². The predicted molar refractivity (Wildman–Crippen MR) is 108 cm³/mol. The average molecular weight is 536 g/mol. The van der Waals surface area contributed by atoms with E-state index in [-0.39, 0.29) is 29.2 Å². The summed E-state index contributed by atoms with van der Waals surface area (Å²) in [4.78, 5) is 0. The molecule has 2 N–H and O–H groups in total. The summed E-state index contributed by atoms with van der Waals surface area (Å²) >= 11 is 8.57. The third kappa shape index (κ3) is 4.64. The molecule has 0 aromatic heterocycles. The highest BCUT2D eigenvalue weighted by Crippen LogP contribution is 2.51. The van der Waals surface area contributed by atoms with Crippen molar-refractivity contribution in [1.82, 2.24) is 0 Å². The summed E-state index contributed by atoms with van der Waals surface area (Å²) in [6.07, 6.45) is -3.56. The fourth-order valence-electron chi connectivity index (χ4n) is 2.58. The molecule has 1 aromatic carbocycles. The van der Waals surface area contributed by atoms with E-state index in [1.54, 1.807) is 0 Å². The van der Waals surface area contributed by atoms with Crippen LogP contribution in [0.2, 0.25) is 0 Å². The molecule has 2 nitrogen and oxygen atoms in total. The molecule has 1 rings (SSSR count). The maximum atomic E-state index is 14.5. The molecule has 0 bridgehead atoms. The smallest absolute Gasteiger partial charge is 0.428 e. The van der Waals surface area contributed by atoms with E-state index < -0.39 is 8.25 Å². The predicted octanol–water partition coefficient (Wildman–Crippen LogP) is 7.45. The number of nitrogen functional groups attached to an aromatic ring is 1. The van der Waals surface area contributed by atoms with Crippen LogP contribution in [0.25, 0.3) is 0 Å². The van der Waals surface area contributed by atoms with Crippen LogP contribution in [0, 0.1) is 0 Å². The Morgan fingerprint density at radius 1 is 0.917 bits per heavy atom. The highest BCUT2D eigenvalue weighted by Gasteiger charge is 2.52. The lowest BCUT2D eigenvalue weighted by Gasteiger charge is -2.30. The molecule has 24 heavy (non-hydrogen) atoms. The van der Waals surface area contributed by atoms with Gasteiger partial charge in [0.1, 0.15) is 0 Å². The maximum absolute atomic E-state index is 14.5. The molecular weight excluding hydrogens is 512 g/mol. The fourth-order valence-corrected chi connectivity index (χ4v) is 2.82. The number of anilines is 1. The number of benzene rings is 1. The third-order valence-corrected chi connectivity index (χ3v) is 5.19. The number of hydrogen-bond acceptors (Lipinski definition) is 2. The van der Waals surface area contributed by atoms with Gasteiger partial charge in [-0.15, -0.1) is 0 Å². The van der Waals surface area contributed by atoms with Crippen LogP contribution in [-0.2, 0) is 0 Å². The molecule has 0 spiro atoms. The third-order valence-electron chi connectivity index (χ3n) is 3.80. The number of nitrogens with two attached hydrogens (primary N) is 1. The van der Waals surface area contributed by atoms with E-state index in [0.29, 0.717) is 0 Å². The lowest BCUT2D eigenvalue weighted by molar-refractivity contribution is -0.163. The van der Waals surface area contributed by atoms with Gasteiger partial charge in [-0.2, -0.15) is 8.78 Å². The van der Waals surface area contributed by atoms with Crippen LogP contribution in [0.1, 0.15) is 76.0 Å². The number of halogens is 5. The minimum Gasteiger partial charge on any atom is -0.428 e. The molecule has 0 heterocycles. The lowest BCUT2D eigenvalue weighted by Crippen LogP contribution is -2.39. The summed E-state index contributed by atoms with van der Waals surface area (Å²) < 4.78 is 32.3. The van der Waals surface area contributed by atoms with Crippen LogP contribution in [-0.4, -0.2) is 8.25 Å². The minimum atomic E-state index is -3.56. The summed E-state index contributed by atoms with van der Waals surface area (Å²) in [6, 6.07) is 2.02. The molecule has 0 fully saturated rings. The molecular formula is C17H24Br3F2NO. The van der Waals surface area contributed by atoms with Crippen molar-refractivity contribution in [2.24, 2.45) is 0 Å². The van der Waals surface area contributed by atoms with Crippen molar-refractivity contribution in [2.75, 3.05) is 5.73 Å². The quantitative estimate of drug-likeness (QED) is 0.314. The largest absolute Gasteiger partial charge is 0.434 e. The molecule has 0 atom stereocenters. The normalized spacial score (nSPS) is 13.2. The average Bonchev–Trinajstić information content (AvgIpc) is 2.37. The molecule has 1 aromatic rings. The maximum Gasteiger partial charge on any atom is 0.434 e. The van der Waals surface area contributed by atoms with Gasteiger partial charge in [0.2, 0.25) is 2.14 Å². The van der Waals surface area contributed by atoms with Crippen LogP contribution in [0.3, 0.4) is 0 Å². The van der Waals surface area contributed by atoms with Gasteiger partial charge in [-0.25, -0.2) is 0 Å². The van der Waals surface area contributed by atoms with Crippen molar-refractivity contribution >= 4 is 53.5 Å². The SMILES string of the molecule is CC(C)c1cc(C(C)C)c(C(C)C)c(OC(F)(F)C(Br)(Br)Br)c1N. The van der Waals surface area contributed by atoms with Crippen molar-refractivity contribution < 1.29 is 13.5 Å². The van der Waals surface area contributed by atoms with Gasteiger partial charge in [-0.1, -0.05) is 47.6 Å². The van der Waals surface area contributed by atoms with E-state index in [1.165, 1.54) is 0 Å². The molecule has 0 aliphatic carbocycles. The zero-order valence-electron chi connectivity index (χ0n) is 14.7. The molecule has 0 saturated carbocycles. The second kappa shape index (κ2) is 7.78. The van der Waals surface area contributed by atoms with Gasteiger partial charge in [0.15, 0.2) is 5.75 Å². The standard InChI is InChI=1S/C17H24Br3F2NO/c1-8(2)11-7-12(9(3)4)14(23)15(13(11)10(5)6)24-17(21,22)16(18,19)20/h7-10H,23H2,1-6H3. The second-order valence-corrected chi connectivity index (χ2v) is 13.6. The van der Waals surface area contributed by atoms with Crippen molar-refractivity contribution in [3.63, 3.8) is 0 Å². The topological polar surface area (TPSA) is 35.2 Å². The Balaban J connectivity index is 3.72. The van der Waals surface area contributed by atoms with Crippen molar-refractivity contribution in [3.8, 4) is 5.75 Å². The Kier molecular flexibility index (Phi) is 7.19. The van der Waals surface area contributed by atoms with Crippen LogP contribution in [0.4, 0.5) is 14.5 Å². The van der Waals surface area contributed by atoms with Gasteiger partial charge in [0.25, 0.3) is 0 Å². The highest BCUT2D eigenvalue weighted by molar-refractivity contribution is 9.39. The Morgan fingerprint density at radius 3 is 1.71 bits per heavy atom. The minimum absolute atomic E-state index is 0.00733. The van der Waals surface area contributed by atoms with Gasteiger partial charge < -0.3 is 10.5 Å². The molecule has 0 amide bonds. The number of alkyl halides is 5. The number of hydrogen-bond donors (Lipinski definition) is 1. The van der Waals surface area contributed by atoms with Crippen molar-refractivity contribution in [1.29, 1.82) is 0 Å². The van der Waals surface area contributed by atoms with Gasteiger partial charge in [0, 0.05) is 5.56 Å². The Morgan fingerprint density at radius 2 is 1.38 bits per heavy atom. The summed E-state index contributed by atoms with van der Waals surface area (Å²) in [6.45, 7) is 11.9. The molecule has 0 unspecified atom stereocenters. The van der Waals surface area contributed by atoms with Gasteiger partial charge in [-0.3, -0.25) is 0 Å². The monoisotopic (exact) mass is 533 g/mol. The first-order valence-electron chi connectivity index (χ1n) is 7.80. The Hall–Kier alpha value is 0.120. The van der Waals surface area contributed by atoms with E-state index in [1.807, 2.05) is 47.6 Å². The second-order valence-electron chi connectivity index (χ2n) is 6.79. The summed E-state index contributed by atoms with van der Waals surface area (Å²) in [5.74, 6) is 0.319. The zero-order chi connectivity index (χ0) is 19.0. The summed E-state index contributed by atoms with van der Waals surface area (Å²) in [5.41, 5.74) is 9.04. The van der Waals surface area contributed by atoms with Crippen molar-refractivity contribution in [2.45, 2.75) is 67.5 Å². The van der Waals surface area contributed by atoms with E-state index >= 15 is 0 Å². The first-order chi connectivity index (χ1) is 10.7. The van der Waals surface area contributed by atoms with E-state index in [0.717, 1.165) is 16.7 Å². The first kappa shape index (κ1) is 22.2. The molecule has 0 aliphatic heterocycles. The zero-order valence-corrected chi connectivity index (χ0v) is 19.4. The fraction of sp³-hybridized carbons (Fsp3) is 0.647. The van der Waals surface area contributed by atoms with E-state index in [2.05, 4.69) is 47.8 Å². The molecule has 0 radical (unpaired) electrons. The van der Waals surface area contributed by atoms with Gasteiger partial charge in [-0.05, 0) is 76.7 Å². The highest BCUT2D eigenvalue weighted by atomic mass is 80.0. The van der Waals surface area contributed by atoms with Crippen LogP contribution in [0.15, 0.2) is 6.07 Å². The number of rotatable bonds is 5. The van der Waals surface area contributed by atoms with Crippen LogP contribution < -0.4 is 10.5 Å². The Labute approximate surface area is 168 Å². The molecule has 0 aliphatic rings. The van der Waals surface area contributed by atoms with Crippen LogP contribution in [0.5, 0.6) is 5.75 Å². The molecule has 0 saturated heterocycles. The van der Waals surface area contributed by atoms with Crippen LogP contribution >= 0.6 is 47.8 Å². The Bertz CT molecular complexity index is 596. The molecule has 138 valence electrons. The summed E-state index contributed by atoms with van der Waals surface area (Å²) in [7, 11) is 0. The van der Waals surface area contributed by atoms with E-state index in [4.69, 9.17) is 10.5 Å². The lowest BCUT2D eigenvalue weighted by atomic mass is 9.85. The number of ether oxygens (including phenoxy) is 1. The first-order valence-corrected chi connectivity index (χ1v) is 10.2. The molecule has 7 heteroatoms.